The van der Waals surface area contributed by atoms with Crippen LogP contribution in [0.4, 0.5) is 0 Å². The molecule has 0 aliphatic carbocycles. The number of hydrogen-bond donors (Lipinski definition) is 1. The number of benzene rings is 2. The summed E-state index contributed by atoms with van der Waals surface area (Å²) in [4.78, 5) is 4.54. The van der Waals surface area contributed by atoms with Gasteiger partial charge in [-0.15, -0.1) is 0 Å². The number of nitrogens with zero attached hydrogens (tertiary/aromatic N) is 1. The van der Waals surface area contributed by atoms with Gasteiger partial charge in [-0.1, -0.05) is 53.6 Å². The lowest BCUT2D eigenvalue weighted by atomic mass is 10.0. The molecule has 108 valence electrons. The lowest BCUT2D eigenvalue weighted by Gasteiger charge is -2.11. The standard InChI is InChI=1S/C17H15Cl2NO/c1-2-3-10-20-17(13-6-4-5-7-15(13)19)14-11-12(18)8-9-16(14)21/h2-9,11,21H,10H2,1H3/b3-2+,20-17?. The molecule has 2 nitrogen and oxygen atoms in total. The quantitative estimate of drug-likeness (QED) is 0.616. The minimum absolute atomic E-state index is 0.124. The van der Waals surface area contributed by atoms with Crippen molar-refractivity contribution in [2.45, 2.75) is 6.92 Å². The third-order valence-corrected chi connectivity index (χ3v) is 3.50. The highest BCUT2D eigenvalue weighted by atomic mass is 35.5. The van der Waals surface area contributed by atoms with Crippen LogP contribution in [0.5, 0.6) is 5.75 Å². The molecule has 0 amide bonds. The van der Waals surface area contributed by atoms with Crippen LogP contribution in [0.15, 0.2) is 59.6 Å². The lowest BCUT2D eigenvalue weighted by molar-refractivity contribution is 0.474. The summed E-state index contributed by atoms with van der Waals surface area (Å²) in [5, 5.41) is 11.2. The third kappa shape index (κ3) is 3.87. The molecule has 0 saturated carbocycles. The maximum Gasteiger partial charge on any atom is 0.125 e. The Morgan fingerprint density at radius 1 is 1.14 bits per heavy atom. The lowest BCUT2D eigenvalue weighted by Crippen LogP contribution is -2.05. The molecule has 0 saturated heterocycles. The maximum atomic E-state index is 10.1. The first-order valence-corrected chi connectivity index (χ1v) is 7.28. The molecule has 0 aliphatic rings. The Bertz CT molecular complexity index is 693. The van der Waals surface area contributed by atoms with Gasteiger partial charge in [-0.2, -0.15) is 0 Å². The van der Waals surface area contributed by atoms with Crippen molar-refractivity contribution >= 4 is 28.9 Å². The van der Waals surface area contributed by atoms with E-state index < -0.39 is 0 Å². The van der Waals surface area contributed by atoms with E-state index in [0.717, 1.165) is 5.56 Å². The summed E-state index contributed by atoms with van der Waals surface area (Å²) < 4.78 is 0. The highest BCUT2D eigenvalue weighted by Gasteiger charge is 2.14. The van der Waals surface area contributed by atoms with E-state index in [1.165, 1.54) is 0 Å². The fraction of sp³-hybridized carbons (Fsp3) is 0.118. The van der Waals surface area contributed by atoms with E-state index in [2.05, 4.69) is 4.99 Å². The van der Waals surface area contributed by atoms with Gasteiger partial charge in [0.05, 0.1) is 12.3 Å². The van der Waals surface area contributed by atoms with Crippen molar-refractivity contribution in [2.75, 3.05) is 6.54 Å². The highest BCUT2D eigenvalue weighted by molar-refractivity contribution is 6.36. The van der Waals surface area contributed by atoms with Crippen molar-refractivity contribution in [1.29, 1.82) is 0 Å². The van der Waals surface area contributed by atoms with E-state index >= 15 is 0 Å². The van der Waals surface area contributed by atoms with E-state index in [1.54, 1.807) is 24.3 Å². The topological polar surface area (TPSA) is 32.6 Å². The molecule has 0 fully saturated rings. The molecule has 0 heterocycles. The van der Waals surface area contributed by atoms with Gasteiger partial charge in [-0.25, -0.2) is 0 Å². The fourth-order valence-corrected chi connectivity index (χ4v) is 2.31. The molecule has 0 bridgehead atoms. The van der Waals surface area contributed by atoms with Gasteiger partial charge >= 0.3 is 0 Å². The molecule has 0 radical (unpaired) electrons. The van der Waals surface area contributed by atoms with Crippen LogP contribution in [0.25, 0.3) is 0 Å². The summed E-state index contributed by atoms with van der Waals surface area (Å²) in [5.41, 5.74) is 1.96. The Morgan fingerprint density at radius 3 is 2.62 bits per heavy atom. The molecule has 2 rings (SSSR count). The Labute approximate surface area is 134 Å². The van der Waals surface area contributed by atoms with Crippen LogP contribution < -0.4 is 0 Å². The molecule has 0 aliphatic heterocycles. The van der Waals surface area contributed by atoms with Crippen molar-refractivity contribution < 1.29 is 5.11 Å². The number of aromatic hydroxyl groups is 1. The average molecular weight is 320 g/mol. The van der Waals surface area contributed by atoms with E-state index in [1.807, 2.05) is 37.3 Å². The predicted octanol–water partition coefficient (Wildman–Crippen LogP) is 5.11. The summed E-state index contributed by atoms with van der Waals surface area (Å²) in [6.45, 7) is 2.44. The summed E-state index contributed by atoms with van der Waals surface area (Å²) in [5.74, 6) is 0.124. The molecular weight excluding hydrogens is 305 g/mol. The van der Waals surface area contributed by atoms with Gasteiger partial charge in [-0.05, 0) is 31.2 Å². The van der Waals surface area contributed by atoms with Crippen molar-refractivity contribution in [3.63, 3.8) is 0 Å². The largest absolute Gasteiger partial charge is 0.507 e. The van der Waals surface area contributed by atoms with Crippen molar-refractivity contribution in [1.82, 2.24) is 0 Å². The zero-order chi connectivity index (χ0) is 15.2. The zero-order valence-corrected chi connectivity index (χ0v) is 13.1. The Kier molecular flexibility index (Phi) is 5.43. The van der Waals surface area contributed by atoms with Gasteiger partial charge in [0.25, 0.3) is 0 Å². The SMILES string of the molecule is C/C=C/CN=C(c1cc(Cl)ccc1O)c1ccccc1Cl. The summed E-state index contributed by atoms with van der Waals surface area (Å²) in [6, 6.07) is 12.3. The minimum atomic E-state index is 0.124. The maximum absolute atomic E-state index is 10.1. The van der Waals surface area contributed by atoms with E-state index in [9.17, 15) is 5.11 Å². The van der Waals surface area contributed by atoms with Crippen molar-refractivity contribution in [3.8, 4) is 5.75 Å². The summed E-state index contributed by atoms with van der Waals surface area (Å²) in [7, 11) is 0. The van der Waals surface area contributed by atoms with E-state index in [-0.39, 0.29) is 5.75 Å². The number of phenolic OH excluding ortho intramolecular Hbond substituents is 1. The molecule has 0 atom stereocenters. The second-order valence-electron chi connectivity index (χ2n) is 4.40. The van der Waals surface area contributed by atoms with Crippen molar-refractivity contribution in [3.05, 3.63) is 75.8 Å². The molecule has 2 aromatic carbocycles. The Morgan fingerprint density at radius 2 is 1.90 bits per heavy atom. The molecule has 2 aromatic rings. The van der Waals surface area contributed by atoms with E-state index in [4.69, 9.17) is 23.2 Å². The van der Waals surface area contributed by atoms with Gasteiger partial charge in [-0.3, -0.25) is 4.99 Å². The van der Waals surface area contributed by atoms with Crippen molar-refractivity contribution in [2.24, 2.45) is 4.99 Å². The van der Waals surface area contributed by atoms with Gasteiger partial charge in [0, 0.05) is 21.2 Å². The van der Waals surface area contributed by atoms with Gasteiger partial charge in [0.1, 0.15) is 5.75 Å². The van der Waals surface area contributed by atoms with Crippen LogP contribution in [0, 0.1) is 0 Å². The van der Waals surface area contributed by atoms with Crippen LogP contribution in [0.2, 0.25) is 10.0 Å². The van der Waals surface area contributed by atoms with Crippen LogP contribution in [0.1, 0.15) is 18.1 Å². The number of hydrogen-bond acceptors (Lipinski definition) is 2. The zero-order valence-electron chi connectivity index (χ0n) is 11.6. The normalized spacial score (nSPS) is 12.0. The number of halogens is 2. The smallest absolute Gasteiger partial charge is 0.125 e. The molecular formula is C17H15Cl2NO. The van der Waals surface area contributed by atoms with Crippen LogP contribution >= 0.6 is 23.2 Å². The number of aliphatic imine (C=N–C) groups is 1. The first-order chi connectivity index (χ1) is 10.1. The molecule has 0 spiro atoms. The van der Waals surface area contributed by atoms with E-state index in [0.29, 0.717) is 27.9 Å². The molecule has 4 heteroatoms. The molecule has 1 N–H and O–H groups in total. The Balaban J connectivity index is 2.59. The van der Waals surface area contributed by atoms with Gasteiger partial charge < -0.3 is 5.11 Å². The second-order valence-corrected chi connectivity index (χ2v) is 5.24. The fourth-order valence-electron chi connectivity index (χ4n) is 1.92. The number of rotatable bonds is 4. The molecule has 0 aromatic heterocycles. The number of allylic oxidation sites excluding steroid dienone is 1. The van der Waals surface area contributed by atoms with Gasteiger partial charge in [0.15, 0.2) is 0 Å². The third-order valence-electron chi connectivity index (χ3n) is 2.93. The second kappa shape index (κ2) is 7.30. The van der Waals surface area contributed by atoms with Crippen LogP contribution in [-0.4, -0.2) is 17.4 Å². The highest BCUT2D eigenvalue weighted by Crippen LogP contribution is 2.27. The average Bonchev–Trinajstić information content (AvgIpc) is 2.48. The van der Waals surface area contributed by atoms with Crippen LogP contribution in [0.3, 0.4) is 0 Å². The Hall–Kier alpha value is -1.77. The monoisotopic (exact) mass is 319 g/mol. The first kappa shape index (κ1) is 15.6. The summed E-state index contributed by atoms with van der Waals surface area (Å²) in [6.07, 6.45) is 3.85. The molecule has 21 heavy (non-hydrogen) atoms. The first-order valence-electron chi connectivity index (χ1n) is 6.53. The van der Waals surface area contributed by atoms with Crippen LogP contribution in [-0.2, 0) is 0 Å². The predicted molar refractivity (Wildman–Crippen MR) is 89.9 cm³/mol. The summed E-state index contributed by atoms with van der Waals surface area (Å²) >= 11 is 12.3. The number of phenols is 1. The minimum Gasteiger partial charge on any atom is -0.507 e. The van der Waals surface area contributed by atoms with Gasteiger partial charge in [0.2, 0.25) is 0 Å². The molecule has 0 unspecified atom stereocenters.